The molecule has 6 nitrogen and oxygen atoms in total. The molecule has 114 valence electrons. The molecule has 1 N–H and O–H groups in total. The molecule has 0 aliphatic heterocycles. The van der Waals surface area contributed by atoms with Gasteiger partial charge in [0, 0.05) is 11.3 Å². The molecule has 0 fully saturated rings. The van der Waals surface area contributed by atoms with E-state index in [1.807, 2.05) is 0 Å². The lowest BCUT2D eigenvalue weighted by molar-refractivity contribution is -0.117. The van der Waals surface area contributed by atoms with Crippen molar-refractivity contribution in [3.63, 3.8) is 0 Å². The van der Waals surface area contributed by atoms with E-state index in [1.54, 1.807) is 24.3 Å². The molecule has 1 heterocycles. The predicted octanol–water partition coefficient (Wildman–Crippen LogP) is 2.39. The third-order valence-corrected chi connectivity index (χ3v) is 3.56. The highest BCUT2D eigenvalue weighted by Gasteiger charge is 2.11. The molecule has 22 heavy (non-hydrogen) atoms. The molecule has 0 aliphatic carbocycles. The molecule has 2 aromatic rings. The van der Waals surface area contributed by atoms with E-state index in [4.69, 9.17) is 23.2 Å². The SMILES string of the molecule is CC(=O)c1ccc(NC(=O)Cn2ncc(Cl)c(Cl)c2=O)cc1. The van der Waals surface area contributed by atoms with Crippen molar-refractivity contribution in [1.29, 1.82) is 0 Å². The van der Waals surface area contributed by atoms with Crippen molar-refractivity contribution in [2.75, 3.05) is 5.32 Å². The number of hydrogen-bond donors (Lipinski definition) is 1. The summed E-state index contributed by atoms with van der Waals surface area (Å²) in [5.74, 6) is -0.520. The van der Waals surface area contributed by atoms with E-state index in [1.165, 1.54) is 13.1 Å². The zero-order chi connectivity index (χ0) is 16.3. The first-order valence-electron chi connectivity index (χ1n) is 6.20. The number of carbonyl (C=O) groups is 2. The van der Waals surface area contributed by atoms with Gasteiger partial charge in [-0.1, -0.05) is 23.2 Å². The van der Waals surface area contributed by atoms with E-state index in [2.05, 4.69) is 10.4 Å². The molecule has 1 aromatic heterocycles. The van der Waals surface area contributed by atoms with Crippen LogP contribution in [0.25, 0.3) is 0 Å². The standard InChI is InChI=1S/C14H11Cl2N3O3/c1-8(20)9-2-4-10(5-3-9)18-12(21)7-19-14(22)13(16)11(15)6-17-19/h2-6H,7H2,1H3,(H,18,21). The Morgan fingerprint density at radius 1 is 1.23 bits per heavy atom. The van der Waals surface area contributed by atoms with Gasteiger partial charge in [0.1, 0.15) is 11.6 Å². The summed E-state index contributed by atoms with van der Waals surface area (Å²) in [7, 11) is 0. The topological polar surface area (TPSA) is 81.1 Å². The number of Topliss-reactive ketones (excluding diaryl/α,β-unsaturated/α-hetero) is 1. The number of anilines is 1. The van der Waals surface area contributed by atoms with Crippen LogP contribution < -0.4 is 10.9 Å². The van der Waals surface area contributed by atoms with Gasteiger partial charge in [-0.2, -0.15) is 5.10 Å². The Kier molecular flexibility index (Phi) is 4.95. The Morgan fingerprint density at radius 2 is 1.86 bits per heavy atom. The fraction of sp³-hybridized carbons (Fsp3) is 0.143. The number of benzene rings is 1. The summed E-state index contributed by atoms with van der Waals surface area (Å²) >= 11 is 11.4. The molecule has 0 unspecified atom stereocenters. The number of aromatic nitrogens is 2. The Labute approximate surface area is 135 Å². The highest BCUT2D eigenvalue weighted by atomic mass is 35.5. The molecular weight excluding hydrogens is 329 g/mol. The number of hydrogen-bond acceptors (Lipinski definition) is 4. The molecule has 0 radical (unpaired) electrons. The van der Waals surface area contributed by atoms with Crippen LogP contribution in [0.1, 0.15) is 17.3 Å². The third-order valence-electron chi connectivity index (χ3n) is 2.81. The van der Waals surface area contributed by atoms with Gasteiger partial charge in [0.05, 0.1) is 11.2 Å². The van der Waals surface area contributed by atoms with Gasteiger partial charge < -0.3 is 5.32 Å². The van der Waals surface area contributed by atoms with E-state index in [0.29, 0.717) is 11.3 Å². The number of carbonyl (C=O) groups excluding carboxylic acids is 2. The summed E-state index contributed by atoms with van der Waals surface area (Å²) in [6.07, 6.45) is 1.19. The summed E-state index contributed by atoms with van der Waals surface area (Å²) in [5.41, 5.74) is 0.403. The van der Waals surface area contributed by atoms with E-state index >= 15 is 0 Å². The van der Waals surface area contributed by atoms with Gasteiger partial charge in [-0.25, -0.2) is 4.68 Å². The summed E-state index contributed by atoms with van der Waals surface area (Å²) in [6.45, 7) is 1.15. The second kappa shape index (κ2) is 6.72. The van der Waals surface area contributed by atoms with Crippen molar-refractivity contribution in [2.24, 2.45) is 0 Å². The molecule has 8 heteroatoms. The van der Waals surface area contributed by atoms with Gasteiger partial charge >= 0.3 is 0 Å². The van der Waals surface area contributed by atoms with Crippen LogP contribution in [0.2, 0.25) is 10.0 Å². The monoisotopic (exact) mass is 339 g/mol. The van der Waals surface area contributed by atoms with Gasteiger partial charge in [-0.3, -0.25) is 14.4 Å². The molecule has 1 amide bonds. The average molecular weight is 340 g/mol. The summed E-state index contributed by atoms with van der Waals surface area (Å²) in [4.78, 5) is 34.8. The van der Waals surface area contributed by atoms with Crippen LogP contribution in [0.4, 0.5) is 5.69 Å². The number of rotatable bonds is 4. The fourth-order valence-corrected chi connectivity index (χ4v) is 1.95. The second-order valence-corrected chi connectivity index (χ2v) is 5.24. The number of nitrogens with one attached hydrogen (secondary N) is 1. The average Bonchev–Trinajstić information content (AvgIpc) is 2.48. The Morgan fingerprint density at radius 3 is 2.45 bits per heavy atom. The molecule has 0 bridgehead atoms. The van der Waals surface area contributed by atoms with Gasteiger partial charge in [-0.05, 0) is 31.2 Å². The fourth-order valence-electron chi connectivity index (χ4n) is 1.68. The first-order chi connectivity index (χ1) is 10.4. The lowest BCUT2D eigenvalue weighted by atomic mass is 10.1. The molecule has 0 saturated heterocycles. The maximum absolute atomic E-state index is 11.9. The van der Waals surface area contributed by atoms with Crippen molar-refractivity contribution < 1.29 is 9.59 Å². The minimum atomic E-state index is -0.642. The molecular formula is C14H11Cl2N3O3. The Bertz CT molecular complexity index is 785. The smallest absolute Gasteiger partial charge is 0.287 e. The van der Waals surface area contributed by atoms with Crippen molar-refractivity contribution in [2.45, 2.75) is 13.5 Å². The van der Waals surface area contributed by atoms with Crippen molar-refractivity contribution in [3.05, 3.63) is 56.4 Å². The summed E-state index contributed by atoms with van der Waals surface area (Å²) in [5, 5.41) is 6.18. The maximum atomic E-state index is 11.9. The van der Waals surface area contributed by atoms with Gasteiger partial charge in [0.2, 0.25) is 5.91 Å². The van der Waals surface area contributed by atoms with Crippen LogP contribution in [0, 0.1) is 0 Å². The Balaban J connectivity index is 2.09. The minimum absolute atomic E-state index is 0.0307. The first kappa shape index (κ1) is 16.2. The van der Waals surface area contributed by atoms with Gasteiger partial charge in [-0.15, -0.1) is 0 Å². The number of halogens is 2. The van der Waals surface area contributed by atoms with Gasteiger partial charge in [0.25, 0.3) is 5.56 Å². The normalized spacial score (nSPS) is 10.3. The molecule has 0 atom stereocenters. The Hall–Kier alpha value is -2.18. The van der Waals surface area contributed by atoms with Gasteiger partial charge in [0.15, 0.2) is 5.78 Å². The second-order valence-electron chi connectivity index (χ2n) is 4.45. The predicted molar refractivity (Wildman–Crippen MR) is 83.6 cm³/mol. The van der Waals surface area contributed by atoms with Crippen LogP contribution in [0.5, 0.6) is 0 Å². The zero-order valence-corrected chi connectivity index (χ0v) is 13.0. The highest BCUT2D eigenvalue weighted by Crippen LogP contribution is 2.14. The lowest BCUT2D eigenvalue weighted by Gasteiger charge is -2.07. The number of ketones is 1. The molecule has 0 spiro atoms. The van der Waals surface area contributed by atoms with Crippen molar-refractivity contribution in [1.82, 2.24) is 9.78 Å². The van der Waals surface area contributed by atoms with E-state index in [9.17, 15) is 14.4 Å². The van der Waals surface area contributed by atoms with E-state index < -0.39 is 11.5 Å². The van der Waals surface area contributed by atoms with Crippen LogP contribution in [0.3, 0.4) is 0 Å². The number of amides is 1. The van der Waals surface area contributed by atoms with E-state index in [-0.39, 0.29) is 22.4 Å². The first-order valence-corrected chi connectivity index (χ1v) is 6.96. The minimum Gasteiger partial charge on any atom is -0.324 e. The molecule has 1 aromatic carbocycles. The maximum Gasteiger partial charge on any atom is 0.287 e. The van der Waals surface area contributed by atoms with E-state index in [0.717, 1.165) is 4.68 Å². The van der Waals surface area contributed by atoms with Crippen LogP contribution in [-0.4, -0.2) is 21.5 Å². The molecule has 0 aliphatic rings. The largest absolute Gasteiger partial charge is 0.324 e. The third kappa shape index (κ3) is 3.72. The number of nitrogens with zero attached hydrogens (tertiary/aromatic N) is 2. The summed E-state index contributed by atoms with van der Waals surface area (Å²) < 4.78 is 0.910. The highest BCUT2D eigenvalue weighted by molar-refractivity contribution is 6.41. The lowest BCUT2D eigenvalue weighted by Crippen LogP contribution is -2.29. The van der Waals surface area contributed by atoms with Crippen LogP contribution in [-0.2, 0) is 11.3 Å². The van der Waals surface area contributed by atoms with Crippen LogP contribution in [0.15, 0.2) is 35.3 Å². The van der Waals surface area contributed by atoms with Crippen LogP contribution >= 0.6 is 23.2 Å². The molecule has 0 saturated carbocycles. The molecule has 2 rings (SSSR count). The zero-order valence-electron chi connectivity index (χ0n) is 11.5. The summed E-state index contributed by atoms with van der Waals surface area (Å²) in [6, 6.07) is 6.39. The van der Waals surface area contributed by atoms with Crippen molar-refractivity contribution >= 4 is 40.6 Å². The van der Waals surface area contributed by atoms with Crippen molar-refractivity contribution in [3.8, 4) is 0 Å². The quantitative estimate of drug-likeness (QED) is 0.867.